The number of aryl methyl sites for hydroxylation is 1. The molecule has 0 aliphatic rings. The zero-order valence-electron chi connectivity index (χ0n) is 14.0. The van der Waals surface area contributed by atoms with Gasteiger partial charge in [-0.25, -0.2) is 0 Å². The summed E-state index contributed by atoms with van der Waals surface area (Å²) in [5.74, 6) is 3.61. The fourth-order valence-corrected chi connectivity index (χ4v) is 2.92. The molecule has 1 aromatic rings. The average Bonchev–Trinajstić information content (AvgIpc) is 2.41. The molecule has 0 spiro atoms. The van der Waals surface area contributed by atoms with E-state index in [1.54, 1.807) is 6.92 Å². The molecule has 0 heterocycles. The number of rotatable bonds is 6. The molecule has 0 atom stereocenters. The Kier molecular flexibility index (Phi) is 7.85. The largest absolute Gasteiger partial charge is 0.300 e. The Morgan fingerprint density at radius 3 is 2.50 bits per heavy atom. The third-order valence-electron chi connectivity index (χ3n) is 3.11. The highest BCUT2D eigenvalue weighted by Gasteiger charge is 2.08. The zero-order chi connectivity index (χ0) is 16.6. The smallest absolute Gasteiger partial charge is 0.130 e. The van der Waals surface area contributed by atoms with E-state index >= 15 is 0 Å². The van der Waals surface area contributed by atoms with E-state index in [1.807, 2.05) is 6.07 Å². The Labute approximate surface area is 144 Å². The summed E-state index contributed by atoms with van der Waals surface area (Å²) in [5, 5.41) is 0. The zero-order valence-corrected chi connectivity index (χ0v) is 16.6. The predicted octanol–water partition coefficient (Wildman–Crippen LogP) is 5.56. The summed E-state index contributed by atoms with van der Waals surface area (Å²) in [4.78, 5) is 11.1. The van der Waals surface area contributed by atoms with Crippen LogP contribution in [-0.2, 0) is 11.2 Å². The first-order chi connectivity index (χ1) is 10.3. The number of hydrogen-bond acceptors (Lipinski definition) is 1. The number of Topliss-reactive ketones (excluding diaryl/α,β-unsaturated/α-hetero) is 1. The summed E-state index contributed by atoms with van der Waals surface area (Å²) in [5.41, 5.74) is 5.90. The molecule has 0 aromatic heterocycles. The van der Waals surface area contributed by atoms with E-state index < -0.39 is 8.07 Å². The van der Waals surface area contributed by atoms with Crippen LogP contribution in [0.5, 0.6) is 0 Å². The third-order valence-corrected chi connectivity index (χ3v) is 4.76. The minimum absolute atomic E-state index is 0.236. The van der Waals surface area contributed by atoms with E-state index in [0.29, 0.717) is 6.42 Å². The number of carbonyl (C=O) groups excluding carboxylic acids is 1. The molecule has 0 bridgehead atoms. The summed E-state index contributed by atoms with van der Waals surface area (Å²) in [6, 6.07) is 8.31. The minimum atomic E-state index is -1.38. The first-order valence-corrected chi connectivity index (χ1v) is 12.0. The van der Waals surface area contributed by atoms with Crippen molar-refractivity contribution >= 4 is 29.8 Å². The quantitative estimate of drug-likeness (QED) is 0.469. The highest BCUT2D eigenvalue weighted by atomic mass is 79.9. The van der Waals surface area contributed by atoms with Gasteiger partial charge >= 0.3 is 0 Å². The van der Waals surface area contributed by atoms with Crippen molar-refractivity contribution in [3.63, 3.8) is 0 Å². The lowest BCUT2D eigenvalue weighted by molar-refractivity contribution is -0.116. The van der Waals surface area contributed by atoms with Crippen molar-refractivity contribution in [1.29, 1.82) is 0 Å². The number of hydrogen-bond donors (Lipinski definition) is 0. The van der Waals surface area contributed by atoms with Crippen molar-refractivity contribution in [3.8, 4) is 11.5 Å². The highest BCUT2D eigenvalue weighted by Crippen LogP contribution is 2.19. The molecule has 0 radical (unpaired) electrons. The lowest BCUT2D eigenvalue weighted by Crippen LogP contribution is -2.16. The Morgan fingerprint density at radius 1 is 1.23 bits per heavy atom. The number of ketones is 1. The molecule has 0 N–H and O–H groups in total. The van der Waals surface area contributed by atoms with Crippen LogP contribution in [0.15, 0.2) is 40.4 Å². The van der Waals surface area contributed by atoms with E-state index in [2.05, 4.69) is 71.3 Å². The SMILES string of the molecule is CC(=O)CC/C=C(\C#C[Si](C)(C)C)CCc1ccccc1Br. The molecule has 0 saturated heterocycles. The Bertz CT molecular complexity index is 600. The fourth-order valence-electron chi connectivity index (χ4n) is 1.90. The normalized spacial score (nSPS) is 11.8. The van der Waals surface area contributed by atoms with Crippen molar-refractivity contribution in [3.05, 3.63) is 46.0 Å². The predicted molar refractivity (Wildman–Crippen MR) is 102 cm³/mol. The standard InChI is InChI=1S/C19H25BrOSi/c1-16(21)8-7-9-17(14-15-22(2,3)4)12-13-18-10-5-6-11-19(18)20/h5-6,9-11H,7-8,12-13H2,1-4H3/b17-9-. The first-order valence-electron chi connectivity index (χ1n) is 7.73. The van der Waals surface area contributed by atoms with Gasteiger partial charge in [-0.05, 0) is 43.4 Å². The van der Waals surface area contributed by atoms with Gasteiger partial charge in [-0.15, -0.1) is 5.54 Å². The topological polar surface area (TPSA) is 17.1 Å². The van der Waals surface area contributed by atoms with Crippen LogP contribution in [-0.4, -0.2) is 13.9 Å². The van der Waals surface area contributed by atoms with Gasteiger partial charge in [0, 0.05) is 10.9 Å². The molecule has 22 heavy (non-hydrogen) atoms. The summed E-state index contributed by atoms with van der Waals surface area (Å²) in [6.07, 6.45) is 5.44. The van der Waals surface area contributed by atoms with Crippen molar-refractivity contribution in [2.24, 2.45) is 0 Å². The van der Waals surface area contributed by atoms with Crippen LogP contribution in [0.4, 0.5) is 0 Å². The second kappa shape index (κ2) is 9.12. The first kappa shape index (κ1) is 18.9. The molecule has 0 saturated carbocycles. The molecule has 1 nitrogen and oxygen atoms in total. The molecule has 3 heteroatoms. The molecule has 0 unspecified atom stereocenters. The van der Waals surface area contributed by atoms with E-state index in [0.717, 1.165) is 23.7 Å². The van der Waals surface area contributed by atoms with Crippen LogP contribution in [0.2, 0.25) is 19.6 Å². The molecule has 0 aliphatic heterocycles. The molecule has 118 valence electrons. The minimum Gasteiger partial charge on any atom is -0.300 e. The fraction of sp³-hybridized carbons (Fsp3) is 0.421. The highest BCUT2D eigenvalue weighted by molar-refractivity contribution is 9.10. The maximum atomic E-state index is 11.1. The van der Waals surface area contributed by atoms with Crippen LogP contribution in [0.3, 0.4) is 0 Å². The third kappa shape index (κ3) is 8.36. The van der Waals surface area contributed by atoms with E-state index in [-0.39, 0.29) is 5.78 Å². The van der Waals surface area contributed by atoms with Gasteiger partial charge in [0.25, 0.3) is 0 Å². The molecule has 0 amide bonds. The summed E-state index contributed by atoms with van der Waals surface area (Å²) < 4.78 is 1.15. The van der Waals surface area contributed by atoms with Crippen LogP contribution >= 0.6 is 15.9 Å². The van der Waals surface area contributed by atoms with Crippen LogP contribution in [0.1, 0.15) is 31.7 Å². The number of allylic oxidation sites excluding steroid dienone is 2. The second-order valence-electron chi connectivity index (χ2n) is 6.56. The van der Waals surface area contributed by atoms with Gasteiger partial charge < -0.3 is 4.79 Å². The van der Waals surface area contributed by atoms with Gasteiger partial charge in [-0.2, -0.15) is 0 Å². The molecular formula is C19H25BrOSi. The average molecular weight is 377 g/mol. The van der Waals surface area contributed by atoms with E-state index in [9.17, 15) is 4.79 Å². The molecule has 1 aromatic carbocycles. The summed E-state index contributed by atoms with van der Waals surface area (Å²) in [6.45, 7) is 8.39. The molecule has 0 aliphatic carbocycles. The number of carbonyl (C=O) groups is 1. The van der Waals surface area contributed by atoms with Crippen molar-refractivity contribution in [2.75, 3.05) is 0 Å². The van der Waals surface area contributed by atoms with Gasteiger partial charge in [-0.1, -0.05) is 65.8 Å². The Balaban J connectivity index is 2.79. The molecule has 0 fully saturated rings. The summed E-state index contributed by atoms with van der Waals surface area (Å²) in [7, 11) is -1.38. The Morgan fingerprint density at radius 2 is 1.91 bits per heavy atom. The second-order valence-corrected chi connectivity index (χ2v) is 12.2. The van der Waals surface area contributed by atoms with Gasteiger partial charge in [0.1, 0.15) is 13.9 Å². The maximum Gasteiger partial charge on any atom is 0.130 e. The number of halogens is 1. The number of benzene rings is 1. The monoisotopic (exact) mass is 376 g/mol. The summed E-state index contributed by atoms with van der Waals surface area (Å²) >= 11 is 3.60. The van der Waals surface area contributed by atoms with Crippen molar-refractivity contribution in [1.82, 2.24) is 0 Å². The van der Waals surface area contributed by atoms with E-state index in [4.69, 9.17) is 0 Å². The Hall–Kier alpha value is -1.11. The van der Waals surface area contributed by atoms with Crippen LogP contribution in [0, 0.1) is 11.5 Å². The lowest BCUT2D eigenvalue weighted by atomic mass is 10.0. The molecular weight excluding hydrogens is 352 g/mol. The van der Waals surface area contributed by atoms with Crippen molar-refractivity contribution in [2.45, 2.75) is 52.2 Å². The van der Waals surface area contributed by atoms with Crippen molar-refractivity contribution < 1.29 is 4.79 Å². The van der Waals surface area contributed by atoms with Gasteiger partial charge in [-0.3, -0.25) is 0 Å². The van der Waals surface area contributed by atoms with Gasteiger partial charge in [0.05, 0.1) is 0 Å². The lowest BCUT2D eigenvalue weighted by Gasteiger charge is -2.07. The molecule has 1 rings (SSSR count). The maximum absolute atomic E-state index is 11.1. The van der Waals surface area contributed by atoms with Gasteiger partial charge in [0.2, 0.25) is 0 Å². The van der Waals surface area contributed by atoms with E-state index in [1.165, 1.54) is 11.1 Å². The van der Waals surface area contributed by atoms with Gasteiger partial charge in [0.15, 0.2) is 0 Å². The van der Waals surface area contributed by atoms with Crippen LogP contribution < -0.4 is 0 Å². The van der Waals surface area contributed by atoms with Crippen LogP contribution in [0.25, 0.3) is 0 Å².